The van der Waals surface area contributed by atoms with Gasteiger partial charge in [-0.15, -0.1) is 11.3 Å². The minimum atomic E-state index is -3.52. The van der Waals surface area contributed by atoms with Gasteiger partial charge in [-0.2, -0.15) is 0 Å². The topological polar surface area (TPSA) is 90.7 Å². The molecule has 202 valence electrons. The monoisotopic (exact) mass is 568 g/mol. The first-order valence-corrected chi connectivity index (χ1v) is 15.4. The Bertz CT molecular complexity index is 1540. The number of carbonyl (C=O) groups is 1. The van der Waals surface area contributed by atoms with Gasteiger partial charge in [-0.05, 0) is 58.0 Å². The van der Waals surface area contributed by atoms with Crippen molar-refractivity contribution >= 4 is 36.2 Å². The van der Waals surface area contributed by atoms with Crippen molar-refractivity contribution in [2.24, 2.45) is 0 Å². The molecule has 1 heterocycles. The quantitative estimate of drug-likeness (QED) is 0.123. The lowest BCUT2D eigenvalue weighted by atomic mass is 10.1. The number of thiophene rings is 1. The third-order valence-corrected chi connectivity index (χ3v) is 8.96. The number of nitrogen functional groups attached to an aromatic ring is 1. The van der Waals surface area contributed by atoms with Crippen LogP contribution in [0.2, 0.25) is 0 Å². The van der Waals surface area contributed by atoms with Gasteiger partial charge in [-0.3, -0.25) is 9.36 Å². The summed E-state index contributed by atoms with van der Waals surface area (Å²) in [5, 5.41) is 4.91. The summed E-state index contributed by atoms with van der Waals surface area (Å²) in [6.07, 6.45) is 0.0738. The number of hydrogen-bond donors (Lipinski definition) is 2. The maximum Gasteiger partial charge on any atom is 0.335 e. The third kappa shape index (κ3) is 7.34. The normalized spacial score (nSPS) is 11.3. The Balaban J connectivity index is 1.28. The van der Waals surface area contributed by atoms with Crippen LogP contribution in [0.1, 0.15) is 27.0 Å². The predicted molar refractivity (Wildman–Crippen MR) is 162 cm³/mol. The van der Waals surface area contributed by atoms with Gasteiger partial charge in [-0.25, -0.2) is 0 Å². The van der Waals surface area contributed by atoms with Crippen molar-refractivity contribution < 1.29 is 18.4 Å². The molecule has 0 saturated carbocycles. The maximum atomic E-state index is 13.8. The lowest BCUT2D eigenvalue weighted by molar-refractivity contribution is 0.102. The molecule has 40 heavy (non-hydrogen) atoms. The standard InChI is InChI=1S/C32H29N2O4PS/c33-29-18-17-28(31-12-7-19-40-31)20-30(29)34-32(35)27-15-13-26(14-16-27)23-39(36,37-21-24-8-3-1-4-9-24)38-22-25-10-5-2-6-11-25/h1-20H,21-23,33H2,(H,34,35). The van der Waals surface area contributed by atoms with E-state index in [0.29, 0.717) is 16.9 Å². The lowest BCUT2D eigenvalue weighted by Gasteiger charge is -2.19. The van der Waals surface area contributed by atoms with Crippen LogP contribution in [-0.4, -0.2) is 5.91 Å². The second-order valence-corrected chi connectivity index (χ2v) is 12.2. The molecule has 0 spiro atoms. The summed E-state index contributed by atoms with van der Waals surface area (Å²) in [6.45, 7) is 0.332. The zero-order chi connectivity index (χ0) is 27.8. The van der Waals surface area contributed by atoms with Crippen LogP contribution in [0.4, 0.5) is 11.4 Å². The fraction of sp³-hybridized carbons (Fsp3) is 0.0938. The fourth-order valence-electron chi connectivity index (χ4n) is 4.06. The van der Waals surface area contributed by atoms with Crippen LogP contribution >= 0.6 is 18.9 Å². The molecule has 0 aliphatic carbocycles. The summed E-state index contributed by atoms with van der Waals surface area (Å²) in [7, 11) is -3.52. The summed E-state index contributed by atoms with van der Waals surface area (Å²) >= 11 is 1.62. The van der Waals surface area contributed by atoms with Gasteiger partial charge in [0.25, 0.3) is 5.91 Å². The molecule has 0 aliphatic rings. The van der Waals surface area contributed by atoms with Gasteiger partial charge in [0.1, 0.15) is 0 Å². The number of benzene rings is 4. The van der Waals surface area contributed by atoms with E-state index in [4.69, 9.17) is 14.8 Å². The Hall–Kier alpha value is -4.00. The van der Waals surface area contributed by atoms with Gasteiger partial charge in [0.2, 0.25) is 0 Å². The fourth-order valence-corrected chi connectivity index (χ4v) is 6.39. The maximum absolute atomic E-state index is 13.8. The highest BCUT2D eigenvalue weighted by molar-refractivity contribution is 7.52. The Morgan fingerprint density at radius 2 is 1.38 bits per heavy atom. The van der Waals surface area contributed by atoms with Crippen LogP contribution in [0.3, 0.4) is 0 Å². The molecule has 0 saturated heterocycles. The first-order valence-electron chi connectivity index (χ1n) is 12.8. The first kappa shape index (κ1) is 27.6. The number of carbonyl (C=O) groups excluding carboxylic acids is 1. The Labute approximate surface area is 238 Å². The molecular formula is C32H29N2O4PS. The van der Waals surface area contributed by atoms with Crippen molar-refractivity contribution in [2.45, 2.75) is 19.4 Å². The molecule has 0 fully saturated rings. The highest BCUT2D eigenvalue weighted by atomic mass is 32.1. The molecule has 8 heteroatoms. The van der Waals surface area contributed by atoms with Crippen LogP contribution in [0.25, 0.3) is 10.4 Å². The molecule has 1 aromatic heterocycles. The van der Waals surface area contributed by atoms with Crippen LogP contribution in [0.5, 0.6) is 0 Å². The Morgan fingerprint density at radius 3 is 1.95 bits per heavy atom. The van der Waals surface area contributed by atoms with E-state index in [1.54, 1.807) is 41.7 Å². The SMILES string of the molecule is Nc1ccc(-c2cccs2)cc1NC(=O)c1ccc(CP(=O)(OCc2ccccc2)OCc2ccccc2)cc1. The van der Waals surface area contributed by atoms with E-state index in [1.807, 2.05) is 90.3 Å². The zero-order valence-electron chi connectivity index (χ0n) is 21.7. The van der Waals surface area contributed by atoms with Crippen molar-refractivity contribution in [3.63, 3.8) is 0 Å². The number of hydrogen-bond acceptors (Lipinski definition) is 6. The molecule has 0 atom stereocenters. The highest BCUT2D eigenvalue weighted by Gasteiger charge is 2.26. The molecule has 1 amide bonds. The summed E-state index contributed by atoms with van der Waals surface area (Å²) < 4.78 is 25.6. The second kappa shape index (κ2) is 12.9. The predicted octanol–water partition coefficient (Wildman–Crippen LogP) is 8.38. The molecule has 3 N–H and O–H groups in total. The van der Waals surface area contributed by atoms with Crippen LogP contribution < -0.4 is 11.1 Å². The molecule has 0 unspecified atom stereocenters. The van der Waals surface area contributed by atoms with Crippen molar-refractivity contribution in [3.05, 3.63) is 143 Å². The molecule has 4 aromatic carbocycles. The molecule has 5 aromatic rings. The minimum Gasteiger partial charge on any atom is -0.397 e. The molecule has 5 rings (SSSR count). The van der Waals surface area contributed by atoms with Gasteiger partial charge < -0.3 is 20.1 Å². The van der Waals surface area contributed by atoms with E-state index in [1.165, 1.54) is 0 Å². The Morgan fingerprint density at radius 1 is 0.750 bits per heavy atom. The minimum absolute atomic E-state index is 0.0738. The van der Waals surface area contributed by atoms with E-state index in [0.717, 1.165) is 27.1 Å². The van der Waals surface area contributed by atoms with Gasteiger partial charge in [-0.1, -0.05) is 84.9 Å². The van der Waals surface area contributed by atoms with Crippen molar-refractivity contribution in [1.29, 1.82) is 0 Å². The van der Waals surface area contributed by atoms with Crippen molar-refractivity contribution in [3.8, 4) is 10.4 Å². The Kier molecular flexibility index (Phi) is 8.89. The average molecular weight is 569 g/mol. The lowest BCUT2D eigenvalue weighted by Crippen LogP contribution is -2.13. The first-order chi connectivity index (χ1) is 19.5. The van der Waals surface area contributed by atoms with Crippen LogP contribution in [0, 0.1) is 0 Å². The van der Waals surface area contributed by atoms with E-state index >= 15 is 0 Å². The number of anilines is 2. The number of amides is 1. The smallest absolute Gasteiger partial charge is 0.335 e. The average Bonchev–Trinajstić information content (AvgIpc) is 3.53. The third-order valence-electron chi connectivity index (χ3n) is 6.24. The summed E-state index contributed by atoms with van der Waals surface area (Å²) in [5.41, 5.74) is 11.1. The molecule has 0 bridgehead atoms. The number of rotatable bonds is 11. The van der Waals surface area contributed by atoms with E-state index < -0.39 is 7.60 Å². The van der Waals surface area contributed by atoms with Gasteiger partial charge in [0, 0.05) is 10.4 Å². The van der Waals surface area contributed by atoms with Gasteiger partial charge in [0.15, 0.2) is 0 Å². The van der Waals surface area contributed by atoms with Crippen LogP contribution in [0.15, 0.2) is 121 Å². The van der Waals surface area contributed by atoms with Gasteiger partial charge >= 0.3 is 7.60 Å². The van der Waals surface area contributed by atoms with Crippen molar-refractivity contribution in [1.82, 2.24) is 0 Å². The largest absolute Gasteiger partial charge is 0.397 e. The summed E-state index contributed by atoms with van der Waals surface area (Å²) in [4.78, 5) is 14.1. The van der Waals surface area contributed by atoms with Crippen molar-refractivity contribution in [2.75, 3.05) is 11.1 Å². The van der Waals surface area contributed by atoms with E-state index in [-0.39, 0.29) is 25.3 Å². The molecular weight excluding hydrogens is 539 g/mol. The summed E-state index contributed by atoms with van der Waals surface area (Å²) in [6, 6.07) is 35.6. The van der Waals surface area contributed by atoms with Gasteiger partial charge in [0.05, 0.1) is 30.8 Å². The molecule has 0 radical (unpaired) electrons. The van der Waals surface area contributed by atoms with E-state index in [9.17, 15) is 9.36 Å². The zero-order valence-corrected chi connectivity index (χ0v) is 23.4. The van der Waals surface area contributed by atoms with Crippen LogP contribution in [-0.2, 0) is 33.0 Å². The molecule has 6 nitrogen and oxygen atoms in total. The number of nitrogens with one attached hydrogen (secondary N) is 1. The van der Waals surface area contributed by atoms with E-state index in [2.05, 4.69) is 5.32 Å². The molecule has 0 aliphatic heterocycles. The number of nitrogens with two attached hydrogens (primary N) is 1. The highest BCUT2D eigenvalue weighted by Crippen LogP contribution is 2.52. The second-order valence-electron chi connectivity index (χ2n) is 9.22. The summed E-state index contributed by atoms with van der Waals surface area (Å²) in [5.74, 6) is -0.287.